The highest BCUT2D eigenvalue weighted by Crippen LogP contribution is 2.22. The Bertz CT molecular complexity index is 860. The minimum Gasteiger partial charge on any atom is -0.444 e. The third-order valence-corrected chi connectivity index (χ3v) is 4.76. The summed E-state index contributed by atoms with van der Waals surface area (Å²) in [5, 5.41) is 0. The van der Waals surface area contributed by atoms with E-state index in [0.29, 0.717) is 31.7 Å². The lowest BCUT2D eigenvalue weighted by Gasteiger charge is -2.35. The van der Waals surface area contributed by atoms with Crippen molar-refractivity contribution in [2.75, 3.05) is 26.2 Å². The molecule has 7 heteroatoms. The quantitative estimate of drug-likeness (QED) is 0.798. The van der Waals surface area contributed by atoms with E-state index in [1.54, 1.807) is 16.0 Å². The standard InChI is InChI=1S/C21H28N4O3/c1-15-14-17(16(2)25(15)18-8-6-7-9-22-18)19(26)23-10-12-24(13-11-23)20(27)28-21(3,4)5/h6-9,14H,10-13H2,1-5H3. The average Bonchev–Trinajstić information content (AvgIpc) is 2.95. The van der Waals surface area contributed by atoms with Gasteiger partial charge in [-0.3, -0.25) is 4.79 Å². The molecule has 0 aliphatic carbocycles. The number of carbonyl (C=O) groups is 2. The molecule has 0 aromatic carbocycles. The molecule has 0 atom stereocenters. The molecule has 1 fully saturated rings. The van der Waals surface area contributed by atoms with Crippen LogP contribution in [0.15, 0.2) is 30.5 Å². The first-order valence-electron chi connectivity index (χ1n) is 9.55. The fourth-order valence-corrected chi connectivity index (χ4v) is 3.41. The van der Waals surface area contributed by atoms with Crippen molar-refractivity contribution in [1.82, 2.24) is 19.4 Å². The van der Waals surface area contributed by atoms with Gasteiger partial charge in [-0.25, -0.2) is 9.78 Å². The van der Waals surface area contributed by atoms with Gasteiger partial charge in [0.2, 0.25) is 0 Å². The van der Waals surface area contributed by atoms with Gasteiger partial charge in [0.25, 0.3) is 5.91 Å². The summed E-state index contributed by atoms with van der Waals surface area (Å²) in [6.45, 7) is 11.4. The number of piperazine rings is 1. The molecule has 2 amide bonds. The maximum Gasteiger partial charge on any atom is 0.410 e. The molecule has 1 aliphatic heterocycles. The molecular weight excluding hydrogens is 356 g/mol. The predicted molar refractivity (Wildman–Crippen MR) is 107 cm³/mol. The van der Waals surface area contributed by atoms with Crippen molar-refractivity contribution in [1.29, 1.82) is 0 Å². The number of ether oxygens (including phenoxy) is 1. The Balaban J connectivity index is 1.70. The van der Waals surface area contributed by atoms with E-state index in [1.165, 1.54) is 0 Å². The molecule has 0 bridgehead atoms. The first kappa shape index (κ1) is 19.9. The van der Waals surface area contributed by atoms with E-state index in [9.17, 15) is 9.59 Å². The van der Waals surface area contributed by atoms with Crippen molar-refractivity contribution < 1.29 is 14.3 Å². The maximum absolute atomic E-state index is 13.1. The number of aromatic nitrogens is 2. The van der Waals surface area contributed by atoms with Gasteiger partial charge >= 0.3 is 6.09 Å². The number of pyridine rings is 1. The molecule has 0 saturated carbocycles. The smallest absolute Gasteiger partial charge is 0.410 e. The van der Waals surface area contributed by atoms with E-state index in [4.69, 9.17) is 4.74 Å². The second-order valence-electron chi connectivity index (χ2n) is 8.07. The first-order chi connectivity index (χ1) is 13.2. The third kappa shape index (κ3) is 4.18. The van der Waals surface area contributed by atoms with Crippen LogP contribution in [0.2, 0.25) is 0 Å². The predicted octanol–water partition coefficient (Wildman–Crippen LogP) is 3.18. The molecule has 1 aliphatic rings. The summed E-state index contributed by atoms with van der Waals surface area (Å²) < 4.78 is 7.41. The van der Waals surface area contributed by atoms with Gasteiger partial charge in [0.15, 0.2) is 0 Å². The van der Waals surface area contributed by atoms with E-state index in [-0.39, 0.29) is 12.0 Å². The topological polar surface area (TPSA) is 67.7 Å². The summed E-state index contributed by atoms with van der Waals surface area (Å²) in [5.41, 5.74) is 1.99. The summed E-state index contributed by atoms with van der Waals surface area (Å²) in [6, 6.07) is 7.63. The molecule has 1 saturated heterocycles. The maximum atomic E-state index is 13.1. The molecule has 2 aromatic rings. The molecule has 28 heavy (non-hydrogen) atoms. The molecule has 2 aromatic heterocycles. The number of carbonyl (C=O) groups excluding carboxylic acids is 2. The Hall–Kier alpha value is -2.83. The van der Waals surface area contributed by atoms with Gasteiger partial charge in [0.1, 0.15) is 11.4 Å². The number of nitrogens with zero attached hydrogens (tertiary/aromatic N) is 4. The molecule has 0 radical (unpaired) electrons. The molecular formula is C21H28N4O3. The summed E-state index contributed by atoms with van der Waals surface area (Å²) in [6.07, 6.45) is 1.42. The monoisotopic (exact) mass is 384 g/mol. The highest BCUT2D eigenvalue weighted by atomic mass is 16.6. The Morgan fingerprint density at radius 2 is 1.68 bits per heavy atom. The number of aryl methyl sites for hydroxylation is 1. The summed E-state index contributed by atoms with van der Waals surface area (Å²) in [5.74, 6) is 0.783. The zero-order valence-corrected chi connectivity index (χ0v) is 17.2. The van der Waals surface area contributed by atoms with E-state index in [2.05, 4.69) is 4.98 Å². The van der Waals surface area contributed by atoms with Crippen molar-refractivity contribution >= 4 is 12.0 Å². The normalized spacial score (nSPS) is 14.9. The molecule has 3 rings (SSSR count). The number of hydrogen-bond donors (Lipinski definition) is 0. The molecule has 7 nitrogen and oxygen atoms in total. The lowest BCUT2D eigenvalue weighted by molar-refractivity contribution is 0.0140. The summed E-state index contributed by atoms with van der Waals surface area (Å²) in [4.78, 5) is 33.1. The lowest BCUT2D eigenvalue weighted by atomic mass is 10.2. The van der Waals surface area contributed by atoms with Crippen LogP contribution in [0.3, 0.4) is 0 Å². The van der Waals surface area contributed by atoms with E-state index >= 15 is 0 Å². The molecule has 0 unspecified atom stereocenters. The second kappa shape index (κ2) is 7.66. The first-order valence-corrected chi connectivity index (χ1v) is 9.55. The van der Waals surface area contributed by atoms with E-state index in [1.807, 2.05) is 63.5 Å². The molecule has 3 heterocycles. The Morgan fingerprint density at radius 3 is 2.25 bits per heavy atom. The zero-order chi connectivity index (χ0) is 20.5. The van der Waals surface area contributed by atoms with Crippen LogP contribution in [-0.2, 0) is 4.74 Å². The Morgan fingerprint density at radius 1 is 1.04 bits per heavy atom. The SMILES string of the molecule is Cc1cc(C(=O)N2CCN(C(=O)OC(C)(C)C)CC2)c(C)n1-c1ccccn1. The molecule has 0 spiro atoms. The van der Waals surface area contributed by atoms with Crippen molar-refractivity contribution in [3.63, 3.8) is 0 Å². The van der Waals surface area contributed by atoms with Gasteiger partial charge in [-0.1, -0.05) is 6.07 Å². The van der Waals surface area contributed by atoms with Gasteiger partial charge in [-0.2, -0.15) is 0 Å². The Kier molecular flexibility index (Phi) is 5.45. The van der Waals surface area contributed by atoms with Crippen LogP contribution in [0.4, 0.5) is 4.79 Å². The minimum absolute atomic E-state index is 0.0147. The van der Waals surface area contributed by atoms with Crippen LogP contribution in [0.25, 0.3) is 5.82 Å². The lowest BCUT2D eigenvalue weighted by Crippen LogP contribution is -2.51. The van der Waals surface area contributed by atoms with Crippen LogP contribution in [-0.4, -0.2) is 63.1 Å². The van der Waals surface area contributed by atoms with Crippen LogP contribution in [0, 0.1) is 13.8 Å². The van der Waals surface area contributed by atoms with Crippen LogP contribution in [0.5, 0.6) is 0 Å². The second-order valence-corrected chi connectivity index (χ2v) is 8.07. The van der Waals surface area contributed by atoms with Gasteiger partial charge < -0.3 is 19.1 Å². The number of hydrogen-bond acceptors (Lipinski definition) is 4. The summed E-state index contributed by atoms with van der Waals surface area (Å²) in [7, 11) is 0. The highest BCUT2D eigenvalue weighted by Gasteiger charge is 2.29. The average molecular weight is 384 g/mol. The fraction of sp³-hybridized carbons (Fsp3) is 0.476. The van der Waals surface area contributed by atoms with Gasteiger partial charge in [0.05, 0.1) is 5.56 Å². The zero-order valence-electron chi connectivity index (χ0n) is 17.2. The van der Waals surface area contributed by atoms with E-state index in [0.717, 1.165) is 17.2 Å². The van der Waals surface area contributed by atoms with Gasteiger partial charge in [-0.05, 0) is 52.8 Å². The van der Waals surface area contributed by atoms with Crippen molar-refractivity contribution in [2.24, 2.45) is 0 Å². The van der Waals surface area contributed by atoms with E-state index < -0.39 is 5.60 Å². The fourth-order valence-electron chi connectivity index (χ4n) is 3.41. The minimum atomic E-state index is -0.521. The molecule has 150 valence electrons. The van der Waals surface area contributed by atoms with Gasteiger partial charge in [-0.15, -0.1) is 0 Å². The van der Waals surface area contributed by atoms with Crippen molar-refractivity contribution in [3.8, 4) is 5.82 Å². The highest BCUT2D eigenvalue weighted by molar-refractivity contribution is 5.96. The van der Waals surface area contributed by atoms with Crippen LogP contribution < -0.4 is 0 Å². The van der Waals surface area contributed by atoms with Gasteiger partial charge in [0, 0.05) is 43.8 Å². The van der Waals surface area contributed by atoms with Crippen molar-refractivity contribution in [3.05, 3.63) is 47.4 Å². The van der Waals surface area contributed by atoms with Crippen molar-refractivity contribution in [2.45, 2.75) is 40.2 Å². The summed E-state index contributed by atoms with van der Waals surface area (Å²) >= 11 is 0. The largest absolute Gasteiger partial charge is 0.444 e. The third-order valence-electron chi connectivity index (χ3n) is 4.76. The van der Waals surface area contributed by atoms with Crippen LogP contribution in [0.1, 0.15) is 42.5 Å². The Labute approximate surface area is 165 Å². The van der Waals surface area contributed by atoms with Crippen LogP contribution >= 0.6 is 0 Å². The number of rotatable bonds is 2. The number of amides is 2. The molecule has 0 N–H and O–H groups in total.